The number of nitrogens with one attached hydrogen (secondary N) is 1. The van der Waals surface area contributed by atoms with Crippen LogP contribution in [0.3, 0.4) is 0 Å². The van der Waals surface area contributed by atoms with Gasteiger partial charge in [-0.05, 0) is 44.2 Å². The minimum atomic E-state index is -4.36. The number of rotatable bonds is 3. The average molecular weight is 406 g/mol. The van der Waals surface area contributed by atoms with Gasteiger partial charge in [0.25, 0.3) is 5.91 Å². The Morgan fingerprint density at radius 2 is 1.86 bits per heavy atom. The number of piperidine rings is 1. The molecule has 0 bridgehead atoms. The lowest BCUT2D eigenvalue weighted by atomic mass is 9.86. The van der Waals surface area contributed by atoms with Gasteiger partial charge >= 0.3 is 6.18 Å². The molecule has 0 saturated carbocycles. The molecule has 1 aromatic heterocycles. The minimum absolute atomic E-state index is 0.129. The standard InChI is InChI=1S/C21H25F3N4O/c1-13(2)28-11-16-18(12-28)25-26-19(16)20(29)27-9-7-14(8-10-27)15-5-3-4-6-17(15)21(22,23)24/h3-6,13-14H,7-12H2,1-2H3,(H,25,26). The number of benzene rings is 1. The van der Waals surface area contributed by atoms with Crippen molar-refractivity contribution in [2.75, 3.05) is 13.1 Å². The van der Waals surface area contributed by atoms with E-state index in [1.165, 1.54) is 6.07 Å². The maximum absolute atomic E-state index is 13.3. The molecule has 156 valence electrons. The Morgan fingerprint density at radius 1 is 1.17 bits per heavy atom. The summed E-state index contributed by atoms with van der Waals surface area (Å²) in [4.78, 5) is 17.0. The molecule has 1 aromatic carbocycles. The van der Waals surface area contributed by atoms with E-state index in [4.69, 9.17) is 0 Å². The Morgan fingerprint density at radius 3 is 2.52 bits per heavy atom. The van der Waals surface area contributed by atoms with Crippen LogP contribution in [-0.2, 0) is 19.3 Å². The van der Waals surface area contributed by atoms with Gasteiger partial charge in [0.2, 0.25) is 0 Å². The molecule has 29 heavy (non-hydrogen) atoms. The molecule has 0 atom stereocenters. The fourth-order valence-electron chi connectivity index (χ4n) is 4.36. The molecule has 0 aliphatic carbocycles. The minimum Gasteiger partial charge on any atom is -0.337 e. The van der Waals surface area contributed by atoms with Crippen molar-refractivity contribution in [3.05, 3.63) is 52.3 Å². The summed E-state index contributed by atoms with van der Waals surface area (Å²) in [6.45, 7) is 6.55. The first-order chi connectivity index (χ1) is 13.8. The van der Waals surface area contributed by atoms with Crippen molar-refractivity contribution < 1.29 is 18.0 Å². The van der Waals surface area contributed by atoms with Crippen molar-refractivity contribution in [3.8, 4) is 0 Å². The number of carbonyl (C=O) groups is 1. The fraction of sp³-hybridized carbons (Fsp3) is 0.524. The topological polar surface area (TPSA) is 52.2 Å². The Balaban J connectivity index is 1.45. The largest absolute Gasteiger partial charge is 0.416 e. The third kappa shape index (κ3) is 3.77. The number of alkyl halides is 3. The first-order valence-electron chi connectivity index (χ1n) is 10.0. The summed E-state index contributed by atoms with van der Waals surface area (Å²) in [5.74, 6) is -0.325. The van der Waals surface area contributed by atoms with E-state index < -0.39 is 11.7 Å². The number of amides is 1. The highest BCUT2D eigenvalue weighted by Gasteiger charge is 2.37. The van der Waals surface area contributed by atoms with Crippen LogP contribution in [0.15, 0.2) is 24.3 Å². The van der Waals surface area contributed by atoms with E-state index in [1.807, 2.05) is 0 Å². The molecule has 1 amide bonds. The number of hydrogen-bond donors (Lipinski definition) is 1. The van der Waals surface area contributed by atoms with Gasteiger partial charge in [0.05, 0.1) is 11.3 Å². The molecule has 0 radical (unpaired) electrons. The zero-order valence-corrected chi connectivity index (χ0v) is 16.6. The molecule has 1 saturated heterocycles. The molecular formula is C21H25F3N4O. The number of H-pyrrole nitrogens is 1. The van der Waals surface area contributed by atoms with Crippen molar-refractivity contribution in [2.45, 2.75) is 57.9 Å². The first kappa shape index (κ1) is 19.9. The molecule has 4 rings (SSSR count). The van der Waals surface area contributed by atoms with Gasteiger partial charge in [-0.15, -0.1) is 0 Å². The third-order valence-corrected chi connectivity index (χ3v) is 6.10. The lowest BCUT2D eigenvalue weighted by Crippen LogP contribution is -2.39. The molecule has 5 nitrogen and oxygen atoms in total. The van der Waals surface area contributed by atoms with Crippen molar-refractivity contribution in [1.29, 1.82) is 0 Å². The van der Waals surface area contributed by atoms with E-state index in [0.717, 1.165) is 23.9 Å². The van der Waals surface area contributed by atoms with Crippen LogP contribution in [0.25, 0.3) is 0 Å². The second-order valence-corrected chi connectivity index (χ2v) is 8.18. The highest BCUT2D eigenvalue weighted by Crippen LogP contribution is 2.39. The summed E-state index contributed by atoms with van der Waals surface area (Å²) in [5, 5.41) is 7.22. The van der Waals surface area contributed by atoms with Crippen molar-refractivity contribution in [2.24, 2.45) is 0 Å². The molecular weight excluding hydrogens is 381 g/mol. The van der Waals surface area contributed by atoms with Gasteiger partial charge in [0, 0.05) is 37.8 Å². The highest BCUT2D eigenvalue weighted by atomic mass is 19.4. The number of aromatic amines is 1. The van der Waals surface area contributed by atoms with Crippen LogP contribution < -0.4 is 0 Å². The third-order valence-electron chi connectivity index (χ3n) is 6.10. The summed E-state index contributed by atoms with van der Waals surface area (Å²) in [6.07, 6.45) is -3.32. The quantitative estimate of drug-likeness (QED) is 0.832. The van der Waals surface area contributed by atoms with Crippen LogP contribution >= 0.6 is 0 Å². The lowest BCUT2D eigenvalue weighted by Gasteiger charge is -2.33. The van der Waals surface area contributed by atoms with E-state index in [2.05, 4.69) is 28.9 Å². The van der Waals surface area contributed by atoms with Crippen LogP contribution in [0, 0.1) is 0 Å². The summed E-state index contributed by atoms with van der Waals surface area (Å²) in [6, 6.07) is 6.15. The zero-order valence-electron chi connectivity index (χ0n) is 16.6. The SMILES string of the molecule is CC(C)N1Cc2[nH]nc(C(=O)N3CCC(c4ccccc4C(F)(F)F)CC3)c2C1. The van der Waals surface area contributed by atoms with Crippen LogP contribution in [0.2, 0.25) is 0 Å². The first-order valence-corrected chi connectivity index (χ1v) is 10.0. The number of halogens is 3. The highest BCUT2D eigenvalue weighted by molar-refractivity contribution is 5.94. The molecule has 1 fully saturated rings. The van der Waals surface area contributed by atoms with Crippen molar-refractivity contribution in [1.82, 2.24) is 20.0 Å². The Bertz CT molecular complexity index is 898. The predicted octanol–water partition coefficient (Wildman–Crippen LogP) is 4.17. The normalized spacial score (nSPS) is 18.5. The monoisotopic (exact) mass is 406 g/mol. The van der Waals surface area contributed by atoms with E-state index >= 15 is 0 Å². The molecule has 2 aliphatic rings. The van der Waals surface area contributed by atoms with Gasteiger partial charge in [0.15, 0.2) is 5.69 Å². The molecule has 2 aliphatic heterocycles. The second kappa shape index (κ2) is 7.48. The summed E-state index contributed by atoms with van der Waals surface area (Å²) >= 11 is 0. The summed E-state index contributed by atoms with van der Waals surface area (Å²) in [5.41, 5.74) is 2.16. The molecule has 0 spiro atoms. The number of hydrogen-bond acceptors (Lipinski definition) is 3. The Kier molecular flexibility index (Phi) is 5.14. The van der Waals surface area contributed by atoms with Crippen molar-refractivity contribution >= 4 is 5.91 Å². The van der Waals surface area contributed by atoms with Gasteiger partial charge in [-0.3, -0.25) is 14.8 Å². The number of fused-ring (bicyclic) bond motifs is 1. The number of likely N-dealkylation sites (tertiary alicyclic amines) is 1. The van der Waals surface area contributed by atoms with Gasteiger partial charge in [-0.25, -0.2) is 0 Å². The van der Waals surface area contributed by atoms with Gasteiger partial charge < -0.3 is 4.90 Å². The number of carbonyl (C=O) groups excluding carboxylic acids is 1. The van der Waals surface area contributed by atoms with Crippen LogP contribution in [0.1, 0.15) is 65.5 Å². The lowest BCUT2D eigenvalue weighted by molar-refractivity contribution is -0.138. The summed E-state index contributed by atoms with van der Waals surface area (Å²) in [7, 11) is 0. The zero-order chi connectivity index (χ0) is 20.8. The number of aromatic nitrogens is 2. The van der Waals surface area contributed by atoms with E-state index in [-0.39, 0.29) is 11.8 Å². The molecule has 3 heterocycles. The van der Waals surface area contributed by atoms with Crippen LogP contribution in [-0.4, -0.2) is 45.0 Å². The maximum atomic E-state index is 13.3. The molecule has 8 heteroatoms. The Hall–Kier alpha value is -2.35. The van der Waals surface area contributed by atoms with Gasteiger partial charge in [-0.1, -0.05) is 18.2 Å². The summed E-state index contributed by atoms with van der Waals surface area (Å²) < 4.78 is 40.0. The smallest absolute Gasteiger partial charge is 0.337 e. The fourth-order valence-corrected chi connectivity index (χ4v) is 4.36. The second-order valence-electron chi connectivity index (χ2n) is 8.18. The van der Waals surface area contributed by atoms with E-state index in [9.17, 15) is 18.0 Å². The number of nitrogens with zero attached hydrogens (tertiary/aromatic N) is 3. The van der Waals surface area contributed by atoms with E-state index in [0.29, 0.717) is 49.8 Å². The molecule has 2 aromatic rings. The molecule has 1 N–H and O–H groups in total. The average Bonchev–Trinajstić information content (AvgIpc) is 3.28. The predicted molar refractivity (Wildman–Crippen MR) is 102 cm³/mol. The Labute approximate surface area is 167 Å². The van der Waals surface area contributed by atoms with Crippen LogP contribution in [0.5, 0.6) is 0 Å². The maximum Gasteiger partial charge on any atom is 0.416 e. The van der Waals surface area contributed by atoms with Crippen LogP contribution in [0.4, 0.5) is 13.2 Å². The van der Waals surface area contributed by atoms with Gasteiger partial charge in [0.1, 0.15) is 0 Å². The molecule has 0 unspecified atom stereocenters. The van der Waals surface area contributed by atoms with Gasteiger partial charge in [-0.2, -0.15) is 18.3 Å². The van der Waals surface area contributed by atoms with E-state index in [1.54, 1.807) is 17.0 Å². The van der Waals surface area contributed by atoms with Crippen molar-refractivity contribution in [3.63, 3.8) is 0 Å².